The summed E-state index contributed by atoms with van der Waals surface area (Å²) in [4.78, 5) is 20.1. The SMILES string of the molecule is COc1ccccc1/C=C/C(=O)Nc1ccc(Oc2ncccn2)cc1. The van der Waals surface area contributed by atoms with E-state index in [1.54, 1.807) is 55.9 Å². The molecular formula is C20H17N3O3. The molecule has 1 N–H and O–H groups in total. The predicted octanol–water partition coefficient (Wildman–Crippen LogP) is 3.93. The van der Waals surface area contributed by atoms with Crippen LogP contribution in [0, 0.1) is 0 Å². The predicted molar refractivity (Wildman–Crippen MR) is 99.2 cm³/mol. The molecule has 0 aliphatic heterocycles. The summed E-state index contributed by atoms with van der Waals surface area (Å²) in [6.07, 6.45) is 6.37. The molecule has 6 heteroatoms. The van der Waals surface area contributed by atoms with Crippen LogP contribution in [0.25, 0.3) is 6.08 Å². The van der Waals surface area contributed by atoms with Crippen LogP contribution in [0.2, 0.25) is 0 Å². The van der Waals surface area contributed by atoms with Gasteiger partial charge in [-0.25, -0.2) is 9.97 Å². The quantitative estimate of drug-likeness (QED) is 0.684. The summed E-state index contributed by atoms with van der Waals surface area (Å²) in [5.41, 5.74) is 1.48. The summed E-state index contributed by atoms with van der Waals surface area (Å²) in [6, 6.07) is 16.4. The van der Waals surface area contributed by atoms with Gasteiger partial charge in [0, 0.05) is 29.7 Å². The van der Waals surface area contributed by atoms with E-state index in [0.29, 0.717) is 17.2 Å². The second-order valence-electron chi connectivity index (χ2n) is 5.22. The van der Waals surface area contributed by atoms with E-state index in [1.165, 1.54) is 6.08 Å². The minimum Gasteiger partial charge on any atom is -0.496 e. The molecule has 1 aromatic heterocycles. The third kappa shape index (κ3) is 4.67. The van der Waals surface area contributed by atoms with Crippen molar-refractivity contribution in [3.05, 3.63) is 78.6 Å². The number of hydrogen-bond acceptors (Lipinski definition) is 5. The number of carbonyl (C=O) groups is 1. The molecule has 0 atom stereocenters. The largest absolute Gasteiger partial charge is 0.496 e. The third-order valence-electron chi connectivity index (χ3n) is 3.43. The Morgan fingerprint density at radius 2 is 1.73 bits per heavy atom. The zero-order valence-electron chi connectivity index (χ0n) is 14.1. The maximum Gasteiger partial charge on any atom is 0.321 e. The first-order chi connectivity index (χ1) is 12.7. The number of nitrogens with one attached hydrogen (secondary N) is 1. The molecule has 0 saturated heterocycles. The highest BCUT2D eigenvalue weighted by Crippen LogP contribution is 2.21. The number of nitrogens with zero attached hydrogens (tertiary/aromatic N) is 2. The average Bonchev–Trinajstić information content (AvgIpc) is 2.69. The van der Waals surface area contributed by atoms with E-state index in [4.69, 9.17) is 9.47 Å². The first-order valence-corrected chi connectivity index (χ1v) is 7.91. The molecule has 6 nitrogen and oxygen atoms in total. The summed E-state index contributed by atoms with van der Waals surface area (Å²) in [7, 11) is 1.59. The van der Waals surface area contributed by atoms with Gasteiger partial charge in [0.25, 0.3) is 0 Å². The Hall–Kier alpha value is -3.67. The number of anilines is 1. The van der Waals surface area contributed by atoms with Gasteiger partial charge in [-0.05, 0) is 42.5 Å². The van der Waals surface area contributed by atoms with Gasteiger partial charge in [-0.1, -0.05) is 18.2 Å². The lowest BCUT2D eigenvalue weighted by Crippen LogP contribution is -2.07. The molecule has 0 aliphatic rings. The lowest BCUT2D eigenvalue weighted by Gasteiger charge is -2.06. The van der Waals surface area contributed by atoms with Crippen LogP contribution in [0.15, 0.2) is 73.1 Å². The molecule has 0 spiro atoms. The van der Waals surface area contributed by atoms with Crippen molar-refractivity contribution < 1.29 is 14.3 Å². The van der Waals surface area contributed by atoms with Crippen LogP contribution in [-0.2, 0) is 4.79 Å². The Balaban J connectivity index is 1.60. The van der Waals surface area contributed by atoms with Gasteiger partial charge in [-0.2, -0.15) is 0 Å². The normalized spacial score (nSPS) is 10.5. The zero-order valence-corrected chi connectivity index (χ0v) is 14.1. The molecule has 26 heavy (non-hydrogen) atoms. The van der Waals surface area contributed by atoms with Crippen molar-refractivity contribution in [2.45, 2.75) is 0 Å². The van der Waals surface area contributed by atoms with E-state index in [2.05, 4.69) is 15.3 Å². The average molecular weight is 347 g/mol. The van der Waals surface area contributed by atoms with E-state index in [1.807, 2.05) is 24.3 Å². The molecule has 130 valence electrons. The van der Waals surface area contributed by atoms with Crippen molar-refractivity contribution in [2.24, 2.45) is 0 Å². The molecule has 0 bridgehead atoms. The van der Waals surface area contributed by atoms with Crippen LogP contribution in [0.1, 0.15) is 5.56 Å². The number of amides is 1. The van der Waals surface area contributed by atoms with Gasteiger partial charge in [0.05, 0.1) is 7.11 Å². The van der Waals surface area contributed by atoms with Gasteiger partial charge >= 0.3 is 6.01 Å². The number of rotatable bonds is 6. The fourth-order valence-electron chi connectivity index (χ4n) is 2.20. The summed E-state index contributed by atoms with van der Waals surface area (Å²) in [5.74, 6) is 1.05. The molecule has 1 heterocycles. The van der Waals surface area contributed by atoms with Crippen LogP contribution in [-0.4, -0.2) is 23.0 Å². The highest BCUT2D eigenvalue weighted by molar-refractivity contribution is 6.02. The van der Waals surface area contributed by atoms with E-state index in [0.717, 1.165) is 5.56 Å². The topological polar surface area (TPSA) is 73.3 Å². The standard InChI is InChI=1S/C20H17N3O3/c1-25-18-6-3-2-5-15(18)7-12-19(24)23-16-8-10-17(11-9-16)26-20-21-13-4-14-22-20/h2-14H,1H3,(H,23,24)/b12-7+. The van der Waals surface area contributed by atoms with Crippen molar-refractivity contribution in [1.29, 1.82) is 0 Å². The molecule has 0 saturated carbocycles. The molecule has 0 unspecified atom stereocenters. The summed E-state index contributed by atoms with van der Waals surface area (Å²) in [5, 5.41) is 2.79. The van der Waals surface area contributed by atoms with Crippen LogP contribution in [0.3, 0.4) is 0 Å². The monoisotopic (exact) mass is 347 g/mol. The fourth-order valence-corrected chi connectivity index (χ4v) is 2.20. The van der Waals surface area contributed by atoms with Crippen LogP contribution in [0.4, 0.5) is 5.69 Å². The van der Waals surface area contributed by atoms with Gasteiger partial charge in [-0.3, -0.25) is 4.79 Å². The maximum atomic E-state index is 12.1. The molecule has 1 amide bonds. The minimum atomic E-state index is -0.240. The highest BCUT2D eigenvalue weighted by atomic mass is 16.5. The molecule has 0 aliphatic carbocycles. The zero-order chi connectivity index (χ0) is 18.2. The van der Waals surface area contributed by atoms with E-state index in [9.17, 15) is 4.79 Å². The van der Waals surface area contributed by atoms with Gasteiger partial charge in [0.15, 0.2) is 0 Å². The van der Waals surface area contributed by atoms with Crippen molar-refractivity contribution >= 4 is 17.7 Å². The Labute approximate surface area is 151 Å². The number of aromatic nitrogens is 2. The Morgan fingerprint density at radius 3 is 2.46 bits per heavy atom. The second kappa shape index (κ2) is 8.43. The van der Waals surface area contributed by atoms with Gasteiger partial charge in [0.1, 0.15) is 11.5 Å². The van der Waals surface area contributed by atoms with Crippen molar-refractivity contribution in [3.63, 3.8) is 0 Å². The number of methoxy groups -OCH3 is 1. The molecule has 0 radical (unpaired) electrons. The Morgan fingerprint density at radius 1 is 1.00 bits per heavy atom. The number of carbonyl (C=O) groups excluding carboxylic acids is 1. The lowest BCUT2D eigenvalue weighted by molar-refractivity contribution is -0.111. The van der Waals surface area contributed by atoms with Gasteiger partial charge in [-0.15, -0.1) is 0 Å². The first kappa shape index (κ1) is 17.2. The maximum absolute atomic E-state index is 12.1. The molecular weight excluding hydrogens is 330 g/mol. The lowest BCUT2D eigenvalue weighted by atomic mass is 10.2. The van der Waals surface area contributed by atoms with E-state index < -0.39 is 0 Å². The number of ether oxygens (including phenoxy) is 2. The van der Waals surface area contributed by atoms with Crippen molar-refractivity contribution in [3.8, 4) is 17.5 Å². The molecule has 3 rings (SSSR count). The minimum absolute atomic E-state index is 0.240. The highest BCUT2D eigenvalue weighted by Gasteiger charge is 2.02. The Bertz CT molecular complexity index is 894. The van der Waals surface area contributed by atoms with Crippen LogP contribution in [0.5, 0.6) is 17.5 Å². The molecule has 0 fully saturated rings. The van der Waals surface area contributed by atoms with Gasteiger partial charge in [0.2, 0.25) is 5.91 Å². The smallest absolute Gasteiger partial charge is 0.321 e. The molecule has 3 aromatic rings. The number of benzene rings is 2. The first-order valence-electron chi connectivity index (χ1n) is 7.91. The number of para-hydroxylation sites is 1. The molecule has 2 aromatic carbocycles. The van der Waals surface area contributed by atoms with Crippen LogP contribution < -0.4 is 14.8 Å². The van der Waals surface area contributed by atoms with Crippen LogP contribution >= 0.6 is 0 Å². The third-order valence-corrected chi connectivity index (χ3v) is 3.43. The summed E-state index contributed by atoms with van der Waals surface area (Å²) in [6.45, 7) is 0. The number of hydrogen-bond donors (Lipinski definition) is 1. The second-order valence-corrected chi connectivity index (χ2v) is 5.22. The van der Waals surface area contributed by atoms with E-state index >= 15 is 0 Å². The van der Waals surface area contributed by atoms with Gasteiger partial charge < -0.3 is 14.8 Å². The summed E-state index contributed by atoms with van der Waals surface area (Å²) < 4.78 is 10.8. The fraction of sp³-hybridized carbons (Fsp3) is 0.0500. The van der Waals surface area contributed by atoms with E-state index in [-0.39, 0.29) is 11.9 Å². The van der Waals surface area contributed by atoms with Crippen molar-refractivity contribution in [1.82, 2.24) is 9.97 Å². The summed E-state index contributed by atoms with van der Waals surface area (Å²) >= 11 is 0. The van der Waals surface area contributed by atoms with Crippen molar-refractivity contribution in [2.75, 3.05) is 12.4 Å². The Kier molecular flexibility index (Phi) is 5.57.